The number of fused-ring (bicyclic) bond motifs is 1. The van der Waals surface area contributed by atoms with Crippen molar-refractivity contribution in [2.75, 3.05) is 7.11 Å². The molecule has 5 nitrogen and oxygen atoms in total. The van der Waals surface area contributed by atoms with Crippen LogP contribution in [0.4, 0.5) is 0 Å². The number of para-hydroxylation sites is 1. The van der Waals surface area contributed by atoms with E-state index in [1.54, 1.807) is 30.3 Å². The summed E-state index contributed by atoms with van der Waals surface area (Å²) in [5.41, 5.74) is 2.73. The first-order valence-electron chi connectivity index (χ1n) is 8.42. The molecule has 0 fully saturated rings. The zero-order chi connectivity index (χ0) is 18.9. The number of Topliss-reactive ketones (excluding diaryl/α,β-unsaturated/α-hetero) is 1. The van der Waals surface area contributed by atoms with Gasteiger partial charge in [0.1, 0.15) is 5.75 Å². The molecule has 0 atom stereocenters. The van der Waals surface area contributed by atoms with Crippen molar-refractivity contribution in [1.82, 2.24) is 0 Å². The van der Waals surface area contributed by atoms with Crippen LogP contribution in [0.5, 0.6) is 5.75 Å². The van der Waals surface area contributed by atoms with Crippen LogP contribution in [0.1, 0.15) is 52.1 Å². The second-order valence-electron chi connectivity index (χ2n) is 7.03. The van der Waals surface area contributed by atoms with E-state index in [1.807, 2.05) is 26.0 Å². The predicted octanol–water partition coefficient (Wildman–Crippen LogP) is 3.79. The predicted molar refractivity (Wildman–Crippen MR) is 99.7 cm³/mol. The zero-order valence-corrected chi connectivity index (χ0v) is 15.1. The Labute approximate surface area is 152 Å². The quantitative estimate of drug-likeness (QED) is 0.832. The lowest BCUT2D eigenvalue weighted by atomic mass is 9.84. The number of hydrogen-bond donors (Lipinski definition) is 1. The van der Waals surface area contributed by atoms with Gasteiger partial charge in [-0.05, 0) is 50.1 Å². The van der Waals surface area contributed by atoms with E-state index in [0.29, 0.717) is 23.4 Å². The van der Waals surface area contributed by atoms with Crippen LogP contribution < -0.4 is 4.74 Å². The van der Waals surface area contributed by atoms with E-state index in [2.05, 4.69) is 0 Å². The number of rotatable bonds is 5. The summed E-state index contributed by atoms with van der Waals surface area (Å²) in [7, 11) is 1.53. The molecular formula is C21H21NO4. The van der Waals surface area contributed by atoms with Crippen molar-refractivity contribution in [2.24, 2.45) is 4.99 Å². The number of benzene rings is 2. The summed E-state index contributed by atoms with van der Waals surface area (Å²) in [6.07, 6.45) is 0.800. The third kappa shape index (κ3) is 3.52. The highest BCUT2D eigenvalue weighted by atomic mass is 16.5. The monoisotopic (exact) mass is 351 g/mol. The number of nitrogens with zero attached hydrogens (tertiary/aromatic N) is 1. The highest BCUT2D eigenvalue weighted by molar-refractivity contribution is 6.18. The van der Waals surface area contributed by atoms with E-state index in [1.165, 1.54) is 7.11 Å². The van der Waals surface area contributed by atoms with Crippen LogP contribution in [0.25, 0.3) is 0 Å². The largest absolute Gasteiger partial charge is 0.496 e. The summed E-state index contributed by atoms with van der Waals surface area (Å²) < 4.78 is 5.28. The van der Waals surface area contributed by atoms with Crippen LogP contribution >= 0.6 is 0 Å². The lowest BCUT2D eigenvalue weighted by Crippen LogP contribution is -2.30. The maximum Gasteiger partial charge on any atom is 0.335 e. The Kier molecular flexibility index (Phi) is 4.64. The fourth-order valence-electron chi connectivity index (χ4n) is 3.32. The van der Waals surface area contributed by atoms with Crippen LogP contribution in [0, 0.1) is 0 Å². The van der Waals surface area contributed by atoms with Crippen molar-refractivity contribution >= 4 is 17.5 Å². The van der Waals surface area contributed by atoms with Gasteiger partial charge in [-0.2, -0.15) is 0 Å². The molecule has 0 aromatic heterocycles. The van der Waals surface area contributed by atoms with Crippen molar-refractivity contribution in [1.29, 1.82) is 0 Å². The zero-order valence-electron chi connectivity index (χ0n) is 15.1. The minimum Gasteiger partial charge on any atom is -0.496 e. The second-order valence-corrected chi connectivity index (χ2v) is 7.03. The molecule has 1 heterocycles. The molecule has 0 spiro atoms. The van der Waals surface area contributed by atoms with E-state index in [9.17, 15) is 14.7 Å². The summed E-state index contributed by atoms with van der Waals surface area (Å²) in [6.45, 7) is 4.02. The average Bonchev–Trinajstić information content (AvgIpc) is 2.60. The minimum absolute atomic E-state index is 0.0971. The first-order valence-corrected chi connectivity index (χ1v) is 8.42. The van der Waals surface area contributed by atoms with Crippen molar-refractivity contribution in [3.63, 3.8) is 0 Å². The first-order chi connectivity index (χ1) is 12.3. The molecule has 0 radical (unpaired) electrons. The smallest absolute Gasteiger partial charge is 0.335 e. The number of methoxy groups -OCH3 is 1. The Hall–Kier alpha value is -2.95. The van der Waals surface area contributed by atoms with Crippen LogP contribution in [0.15, 0.2) is 47.5 Å². The Morgan fingerprint density at radius 1 is 1.19 bits per heavy atom. The van der Waals surface area contributed by atoms with Gasteiger partial charge in [-0.1, -0.05) is 18.2 Å². The summed E-state index contributed by atoms with van der Waals surface area (Å²) in [4.78, 5) is 28.9. The molecule has 134 valence electrons. The number of carboxylic acids is 1. The molecule has 0 amide bonds. The number of aliphatic imine (C=N–C) groups is 1. The van der Waals surface area contributed by atoms with Crippen LogP contribution in [0.2, 0.25) is 0 Å². The van der Waals surface area contributed by atoms with Crippen LogP contribution in [0.3, 0.4) is 0 Å². The molecule has 1 aliphatic rings. The summed E-state index contributed by atoms with van der Waals surface area (Å²) in [5.74, 6) is -0.578. The third-order valence-corrected chi connectivity index (χ3v) is 4.46. The highest BCUT2D eigenvalue weighted by Crippen LogP contribution is 2.30. The molecule has 1 aliphatic heterocycles. The molecule has 0 saturated carbocycles. The van der Waals surface area contributed by atoms with Gasteiger partial charge in [-0.25, -0.2) is 4.79 Å². The molecule has 0 unspecified atom stereocenters. The molecule has 0 bridgehead atoms. The van der Waals surface area contributed by atoms with Gasteiger partial charge in [0.05, 0.1) is 35.9 Å². The van der Waals surface area contributed by atoms with Gasteiger partial charge in [-0.3, -0.25) is 9.79 Å². The van der Waals surface area contributed by atoms with Crippen molar-refractivity contribution in [2.45, 2.75) is 32.2 Å². The summed E-state index contributed by atoms with van der Waals surface area (Å²) >= 11 is 0. The molecule has 0 saturated heterocycles. The lowest BCUT2D eigenvalue weighted by Gasteiger charge is -2.29. The SMILES string of the molecule is COc1ccccc1C(=O)CC1=NC(C)(C)Cc2ccc(C(=O)O)cc21. The van der Waals surface area contributed by atoms with Gasteiger partial charge in [-0.15, -0.1) is 0 Å². The number of carboxylic acid groups (broad SMARTS) is 1. The molecular weight excluding hydrogens is 330 g/mol. The lowest BCUT2D eigenvalue weighted by molar-refractivity contribution is 0.0696. The number of carbonyl (C=O) groups excluding carboxylic acids is 1. The van der Waals surface area contributed by atoms with Gasteiger partial charge in [0.15, 0.2) is 5.78 Å². The van der Waals surface area contributed by atoms with E-state index in [4.69, 9.17) is 9.73 Å². The fraction of sp³-hybridized carbons (Fsp3) is 0.286. The maximum absolute atomic E-state index is 12.9. The summed E-state index contributed by atoms with van der Waals surface area (Å²) in [6, 6.07) is 12.1. The van der Waals surface area contributed by atoms with E-state index in [0.717, 1.165) is 11.1 Å². The fourth-order valence-corrected chi connectivity index (χ4v) is 3.32. The van der Waals surface area contributed by atoms with Gasteiger partial charge in [0.25, 0.3) is 0 Å². The van der Waals surface area contributed by atoms with E-state index >= 15 is 0 Å². The number of carbonyl (C=O) groups is 2. The molecule has 3 rings (SSSR count). The molecule has 0 aliphatic carbocycles. The van der Waals surface area contributed by atoms with Crippen molar-refractivity contribution < 1.29 is 19.4 Å². The molecule has 26 heavy (non-hydrogen) atoms. The van der Waals surface area contributed by atoms with Gasteiger partial charge >= 0.3 is 5.97 Å². The van der Waals surface area contributed by atoms with E-state index in [-0.39, 0.29) is 23.3 Å². The van der Waals surface area contributed by atoms with Crippen LogP contribution in [-0.4, -0.2) is 35.2 Å². The topological polar surface area (TPSA) is 76.0 Å². The standard InChI is InChI=1S/C21H21NO4/c1-21(2)12-14-9-8-13(20(24)25)10-16(14)17(22-21)11-18(23)15-6-4-5-7-19(15)26-3/h4-10H,11-12H2,1-3H3,(H,24,25). The number of aromatic carboxylic acids is 1. The van der Waals surface area contributed by atoms with Gasteiger partial charge in [0, 0.05) is 5.56 Å². The highest BCUT2D eigenvalue weighted by Gasteiger charge is 2.29. The third-order valence-electron chi connectivity index (χ3n) is 4.46. The van der Waals surface area contributed by atoms with E-state index < -0.39 is 5.97 Å². The van der Waals surface area contributed by atoms with Gasteiger partial charge in [0.2, 0.25) is 0 Å². The second kappa shape index (κ2) is 6.75. The normalized spacial score (nSPS) is 15.0. The molecule has 2 aromatic rings. The van der Waals surface area contributed by atoms with Crippen LogP contribution in [-0.2, 0) is 6.42 Å². The number of ketones is 1. The van der Waals surface area contributed by atoms with Crippen molar-refractivity contribution in [3.8, 4) is 5.75 Å². The Morgan fingerprint density at radius 3 is 2.62 bits per heavy atom. The number of ether oxygens (including phenoxy) is 1. The Bertz CT molecular complexity index is 912. The first kappa shape index (κ1) is 17.9. The molecule has 2 aromatic carbocycles. The Morgan fingerprint density at radius 2 is 1.92 bits per heavy atom. The number of hydrogen-bond acceptors (Lipinski definition) is 4. The Balaban J connectivity index is 2.01. The average molecular weight is 351 g/mol. The van der Waals surface area contributed by atoms with Gasteiger partial charge < -0.3 is 9.84 Å². The maximum atomic E-state index is 12.9. The minimum atomic E-state index is -0.993. The molecule has 1 N–H and O–H groups in total. The van der Waals surface area contributed by atoms with Crippen molar-refractivity contribution in [3.05, 3.63) is 64.7 Å². The molecule has 5 heteroatoms. The summed E-state index contributed by atoms with van der Waals surface area (Å²) in [5, 5.41) is 9.28.